The molecule has 1 aromatic rings. The van der Waals surface area contributed by atoms with Crippen LogP contribution in [0.3, 0.4) is 0 Å². The van der Waals surface area contributed by atoms with Gasteiger partial charge in [0.2, 0.25) is 0 Å². The predicted molar refractivity (Wildman–Crippen MR) is 82.9 cm³/mol. The predicted octanol–water partition coefficient (Wildman–Crippen LogP) is 2.26. The molecule has 3 nitrogen and oxygen atoms in total. The number of nitrogens with one attached hydrogen (secondary N) is 2. The van der Waals surface area contributed by atoms with Crippen LogP contribution in [0.1, 0.15) is 18.1 Å². The lowest BCUT2D eigenvalue weighted by atomic mass is 10.1. The maximum atomic E-state index is 3.57. The summed E-state index contributed by atoms with van der Waals surface area (Å²) in [7, 11) is 0. The van der Waals surface area contributed by atoms with Gasteiger partial charge in [0, 0.05) is 45.0 Å². The minimum absolute atomic E-state index is 0.680. The molecule has 0 aromatic heterocycles. The van der Waals surface area contributed by atoms with E-state index in [0.29, 0.717) is 5.92 Å². The van der Waals surface area contributed by atoms with E-state index in [0.717, 1.165) is 19.6 Å². The molecule has 1 fully saturated rings. The van der Waals surface area contributed by atoms with Crippen molar-refractivity contribution >= 4 is 5.69 Å². The van der Waals surface area contributed by atoms with Crippen LogP contribution >= 0.6 is 0 Å². The van der Waals surface area contributed by atoms with E-state index in [4.69, 9.17) is 0 Å². The van der Waals surface area contributed by atoms with Crippen LogP contribution in [0, 0.1) is 19.8 Å². The molecule has 1 aromatic carbocycles. The lowest BCUT2D eigenvalue weighted by Crippen LogP contribution is -2.45. The maximum Gasteiger partial charge on any atom is 0.0345 e. The Morgan fingerprint density at radius 3 is 2.42 bits per heavy atom. The number of hydrogen-bond acceptors (Lipinski definition) is 3. The van der Waals surface area contributed by atoms with Crippen LogP contribution in [0.2, 0.25) is 0 Å². The van der Waals surface area contributed by atoms with Gasteiger partial charge in [-0.3, -0.25) is 0 Å². The second-order valence-electron chi connectivity index (χ2n) is 5.91. The van der Waals surface area contributed by atoms with Crippen molar-refractivity contribution in [2.75, 3.05) is 44.6 Å². The number of hydrogen-bond donors (Lipinski definition) is 2. The van der Waals surface area contributed by atoms with Gasteiger partial charge in [0.05, 0.1) is 0 Å². The van der Waals surface area contributed by atoms with E-state index in [2.05, 4.69) is 54.5 Å². The monoisotopic (exact) mass is 261 g/mol. The summed E-state index contributed by atoms with van der Waals surface area (Å²) < 4.78 is 0. The first kappa shape index (κ1) is 14.4. The second-order valence-corrected chi connectivity index (χ2v) is 5.91. The average Bonchev–Trinajstić information content (AvgIpc) is 2.36. The molecule has 0 amide bonds. The number of aryl methyl sites for hydroxylation is 2. The van der Waals surface area contributed by atoms with E-state index in [1.165, 1.54) is 36.4 Å². The normalized spacial score (nSPS) is 18.3. The van der Waals surface area contributed by atoms with Gasteiger partial charge in [-0.05, 0) is 43.0 Å². The van der Waals surface area contributed by atoms with Crippen molar-refractivity contribution in [1.29, 1.82) is 0 Å². The van der Waals surface area contributed by atoms with Crippen molar-refractivity contribution in [1.82, 2.24) is 10.2 Å². The molecule has 1 unspecified atom stereocenters. The first-order valence-corrected chi connectivity index (χ1v) is 7.39. The van der Waals surface area contributed by atoms with Crippen molar-refractivity contribution in [2.45, 2.75) is 20.8 Å². The molecule has 19 heavy (non-hydrogen) atoms. The molecule has 1 atom stereocenters. The van der Waals surface area contributed by atoms with E-state index >= 15 is 0 Å². The molecule has 0 radical (unpaired) electrons. The van der Waals surface area contributed by atoms with Gasteiger partial charge in [-0.25, -0.2) is 0 Å². The number of rotatable bonds is 5. The van der Waals surface area contributed by atoms with E-state index in [-0.39, 0.29) is 0 Å². The molecule has 3 heteroatoms. The molecular weight excluding hydrogens is 234 g/mol. The van der Waals surface area contributed by atoms with Crippen molar-refractivity contribution in [2.24, 2.45) is 5.92 Å². The third-order valence-corrected chi connectivity index (χ3v) is 3.66. The third-order valence-electron chi connectivity index (χ3n) is 3.66. The quantitative estimate of drug-likeness (QED) is 0.851. The minimum Gasteiger partial charge on any atom is -0.385 e. The number of piperazine rings is 1. The molecule has 2 N–H and O–H groups in total. The van der Waals surface area contributed by atoms with Gasteiger partial charge < -0.3 is 15.5 Å². The smallest absolute Gasteiger partial charge is 0.0345 e. The summed E-state index contributed by atoms with van der Waals surface area (Å²) in [4.78, 5) is 2.56. The standard InChI is InChI=1S/C16H27N3/c1-13-8-14(2)10-16(9-13)18-11-15(3)12-19-6-4-17-5-7-19/h8-10,15,17-18H,4-7,11-12H2,1-3H3. The van der Waals surface area contributed by atoms with E-state index in [1.807, 2.05) is 0 Å². The highest BCUT2D eigenvalue weighted by Crippen LogP contribution is 2.14. The largest absolute Gasteiger partial charge is 0.385 e. The Bertz CT molecular complexity index is 377. The summed E-state index contributed by atoms with van der Waals surface area (Å²) in [5, 5.41) is 6.97. The topological polar surface area (TPSA) is 27.3 Å². The summed E-state index contributed by atoms with van der Waals surface area (Å²) in [5.41, 5.74) is 3.92. The van der Waals surface area contributed by atoms with Crippen molar-refractivity contribution < 1.29 is 0 Å². The molecule has 0 saturated carbocycles. The SMILES string of the molecule is Cc1cc(C)cc(NCC(C)CN2CCNCC2)c1. The fourth-order valence-electron chi connectivity index (χ4n) is 2.77. The molecule has 1 aliphatic heterocycles. The Balaban J connectivity index is 1.77. The molecular formula is C16H27N3. The summed E-state index contributed by atoms with van der Waals surface area (Å²) in [6, 6.07) is 6.67. The van der Waals surface area contributed by atoms with Gasteiger partial charge in [-0.15, -0.1) is 0 Å². The van der Waals surface area contributed by atoms with Gasteiger partial charge in [0.25, 0.3) is 0 Å². The Hall–Kier alpha value is -1.06. The van der Waals surface area contributed by atoms with Crippen LogP contribution < -0.4 is 10.6 Å². The van der Waals surface area contributed by atoms with Crippen LogP contribution in [-0.2, 0) is 0 Å². The second kappa shape index (κ2) is 6.92. The number of nitrogens with zero attached hydrogens (tertiary/aromatic N) is 1. The summed E-state index contributed by atoms with van der Waals surface area (Å²) in [6.45, 7) is 13.5. The van der Waals surface area contributed by atoms with Crippen LogP contribution in [-0.4, -0.2) is 44.2 Å². The molecule has 1 aliphatic rings. The maximum absolute atomic E-state index is 3.57. The summed E-state index contributed by atoms with van der Waals surface area (Å²) >= 11 is 0. The Morgan fingerprint density at radius 1 is 1.16 bits per heavy atom. The van der Waals surface area contributed by atoms with Crippen LogP contribution in [0.4, 0.5) is 5.69 Å². The third kappa shape index (κ3) is 4.84. The van der Waals surface area contributed by atoms with Gasteiger partial charge in [0.1, 0.15) is 0 Å². The Labute approximate surface area is 117 Å². The van der Waals surface area contributed by atoms with Crippen LogP contribution in [0.15, 0.2) is 18.2 Å². The fourth-order valence-corrected chi connectivity index (χ4v) is 2.77. The molecule has 1 saturated heterocycles. The van der Waals surface area contributed by atoms with E-state index in [9.17, 15) is 0 Å². The zero-order chi connectivity index (χ0) is 13.7. The van der Waals surface area contributed by atoms with Gasteiger partial charge in [-0.1, -0.05) is 13.0 Å². The molecule has 106 valence electrons. The van der Waals surface area contributed by atoms with Gasteiger partial charge in [-0.2, -0.15) is 0 Å². The summed E-state index contributed by atoms with van der Waals surface area (Å²) in [5.74, 6) is 0.680. The minimum atomic E-state index is 0.680. The Kier molecular flexibility index (Phi) is 5.23. The number of benzene rings is 1. The summed E-state index contributed by atoms with van der Waals surface area (Å²) in [6.07, 6.45) is 0. The zero-order valence-electron chi connectivity index (χ0n) is 12.5. The highest BCUT2D eigenvalue weighted by Gasteiger charge is 2.12. The fraction of sp³-hybridized carbons (Fsp3) is 0.625. The van der Waals surface area contributed by atoms with Crippen LogP contribution in [0.5, 0.6) is 0 Å². The van der Waals surface area contributed by atoms with Crippen LogP contribution in [0.25, 0.3) is 0 Å². The van der Waals surface area contributed by atoms with E-state index in [1.54, 1.807) is 0 Å². The highest BCUT2D eigenvalue weighted by atomic mass is 15.2. The molecule has 0 bridgehead atoms. The first-order chi connectivity index (χ1) is 9.13. The highest BCUT2D eigenvalue weighted by molar-refractivity contribution is 5.48. The van der Waals surface area contributed by atoms with Crippen molar-refractivity contribution in [3.05, 3.63) is 29.3 Å². The zero-order valence-corrected chi connectivity index (χ0v) is 12.5. The number of anilines is 1. The van der Waals surface area contributed by atoms with E-state index < -0.39 is 0 Å². The van der Waals surface area contributed by atoms with Crippen molar-refractivity contribution in [3.63, 3.8) is 0 Å². The lowest BCUT2D eigenvalue weighted by molar-refractivity contribution is 0.215. The molecule has 0 aliphatic carbocycles. The first-order valence-electron chi connectivity index (χ1n) is 7.39. The van der Waals surface area contributed by atoms with Crippen molar-refractivity contribution in [3.8, 4) is 0 Å². The molecule has 2 rings (SSSR count). The molecule has 1 heterocycles. The lowest BCUT2D eigenvalue weighted by Gasteiger charge is -2.29. The van der Waals surface area contributed by atoms with Gasteiger partial charge in [0.15, 0.2) is 0 Å². The molecule has 0 spiro atoms. The van der Waals surface area contributed by atoms with Gasteiger partial charge >= 0.3 is 0 Å². The Morgan fingerprint density at radius 2 is 1.79 bits per heavy atom. The average molecular weight is 261 g/mol.